The number of benzene rings is 6. The molecule has 0 aliphatic heterocycles. The number of imidazole rings is 1. The molecule has 0 aliphatic carbocycles. The average molecular weight is 554 g/mol. The first-order valence-electron chi connectivity index (χ1n) is 14.1. The summed E-state index contributed by atoms with van der Waals surface area (Å²) in [6, 6.07) is 47.5. The van der Waals surface area contributed by atoms with E-state index in [4.69, 9.17) is 4.98 Å². The number of thiophene rings is 1. The Balaban J connectivity index is 1.31. The largest absolute Gasteiger partial charge is 0.292 e. The minimum atomic E-state index is 0.942. The number of fused-ring (bicyclic) bond motifs is 9. The molecule has 0 unspecified atom stereocenters. The smallest absolute Gasteiger partial charge is 0.145 e. The van der Waals surface area contributed by atoms with Gasteiger partial charge in [-0.25, -0.2) is 4.98 Å². The van der Waals surface area contributed by atoms with Crippen LogP contribution in [0, 0.1) is 0 Å². The summed E-state index contributed by atoms with van der Waals surface area (Å²) in [5.41, 5.74) is 7.84. The number of aromatic nitrogens is 3. The number of hydrogen-bond donors (Lipinski definition) is 0. The Morgan fingerprint density at radius 1 is 0.500 bits per heavy atom. The zero-order valence-electron chi connectivity index (χ0n) is 22.5. The maximum atomic E-state index is 5.34. The number of rotatable bonds is 3. The Kier molecular flexibility index (Phi) is 5.07. The van der Waals surface area contributed by atoms with Crippen LogP contribution in [0.25, 0.3) is 81.1 Å². The Bertz CT molecular complexity index is 2450. The van der Waals surface area contributed by atoms with Crippen LogP contribution in [0.15, 0.2) is 140 Å². The Hall–Kier alpha value is -5.32. The van der Waals surface area contributed by atoms with Gasteiger partial charge in [0.05, 0.1) is 21.3 Å². The molecule has 0 saturated heterocycles. The van der Waals surface area contributed by atoms with Gasteiger partial charge in [-0.05, 0) is 46.2 Å². The lowest BCUT2D eigenvalue weighted by molar-refractivity contribution is 1.11. The number of hydrogen-bond acceptors (Lipinski definition) is 3. The van der Waals surface area contributed by atoms with Gasteiger partial charge in [0.1, 0.15) is 5.82 Å². The quantitative estimate of drug-likeness (QED) is 0.204. The number of nitrogens with zero attached hydrogens (tertiary/aromatic N) is 3. The molecule has 3 heterocycles. The van der Waals surface area contributed by atoms with E-state index in [1.54, 1.807) is 0 Å². The van der Waals surface area contributed by atoms with Gasteiger partial charge in [-0.1, -0.05) is 109 Å². The van der Waals surface area contributed by atoms with Gasteiger partial charge in [-0.15, -0.1) is 11.3 Å². The van der Waals surface area contributed by atoms with Gasteiger partial charge in [0, 0.05) is 38.3 Å². The maximum Gasteiger partial charge on any atom is 0.145 e. The molecule has 9 aromatic rings. The molecule has 0 spiro atoms. The van der Waals surface area contributed by atoms with E-state index in [9.17, 15) is 0 Å². The van der Waals surface area contributed by atoms with E-state index in [1.807, 2.05) is 23.6 Å². The van der Waals surface area contributed by atoms with E-state index in [1.165, 1.54) is 47.5 Å². The molecule has 0 N–H and O–H groups in total. The van der Waals surface area contributed by atoms with E-state index >= 15 is 0 Å². The van der Waals surface area contributed by atoms with Crippen molar-refractivity contribution in [2.75, 3.05) is 0 Å². The van der Waals surface area contributed by atoms with Crippen LogP contribution in [0.4, 0.5) is 0 Å². The first-order chi connectivity index (χ1) is 20.8. The van der Waals surface area contributed by atoms with E-state index in [-0.39, 0.29) is 0 Å². The molecular weight excluding hydrogens is 531 g/mol. The molecule has 3 nitrogen and oxygen atoms in total. The van der Waals surface area contributed by atoms with Gasteiger partial charge < -0.3 is 0 Å². The van der Waals surface area contributed by atoms with Crippen molar-refractivity contribution in [2.45, 2.75) is 0 Å². The van der Waals surface area contributed by atoms with E-state index in [0.29, 0.717) is 0 Å². The van der Waals surface area contributed by atoms with Crippen LogP contribution in [0.5, 0.6) is 0 Å². The molecule has 0 aliphatic rings. The molecule has 196 valence electrons. The van der Waals surface area contributed by atoms with Crippen LogP contribution in [0.1, 0.15) is 0 Å². The highest BCUT2D eigenvalue weighted by atomic mass is 32.1. The summed E-state index contributed by atoms with van der Waals surface area (Å²) in [7, 11) is 0. The summed E-state index contributed by atoms with van der Waals surface area (Å²) in [6.45, 7) is 0. The molecule has 0 fully saturated rings. The third-order valence-electron chi connectivity index (χ3n) is 8.25. The molecule has 0 saturated carbocycles. The highest BCUT2D eigenvalue weighted by Gasteiger charge is 2.20. The Morgan fingerprint density at radius 2 is 1.19 bits per heavy atom. The lowest BCUT2D eigenvalue weighted by atomic mass is 9.99. The van der Waals surface area contributed by atoms with Crippen molar-refractivity contribution in [3.05, 3.63) is 140 Å². The monoisotopic (exact) mass is 553 g/mol. The zero-order chi connectivity index (χ0) is 27.6. The van der Waals surface area contributed by atoms with Crippen molar-refractivity contribution < 1.29 is 0 Å². The highest BCUT2D eigenvalue weighted by molar-refractivity contribution is 7.26. The summed E-state index contributed by atoms with van der Waals surface area (Å²) in [5, 5.41) is 6.05. The average Bonchev–Trinajstić information content (AvgIpc) is 3.65. The van der Waals surface area contributed by atoms with Crippen molar-refractivity contribution in [3.63, 3.8) is 0 Å². The minimum absolute atomic E-state index is 0.942. The first-order valence-corrected chi connectivity index (χ1v) is 14.9. The van der Waals surface area contributed by atoms with Crippen molar-refractivity contribution in [1.82, 2.24) is 14.5 Å². The Morgan fingerprint density at radius 3 is 2.00 bits per heavy atom. The van der Waals surface area contributed by atoms with Crippen LogP contribution in [-0.2, 0) is 0 Å². The Labute approximate surface area is 246 Å². The second kappa shape index (κ2) is 9.10. The fourth-order valence-electron chi connectivity index (χ4n) is 6.37. The number of pyridine rings is 1. The molecule has 3 aromatic heterocycles. The van der Waals surface area contributed by atoms with Crippen LogP contribution in [-0.4, -0.2) is 14.5 Å². The molecule has 0 bridgehead atoms. The summed E-state index contributed by atoms with van der Waals surface area (Å²) in [4.78, 5) is 10.0. The predicted molar refractivity (Wildman–Crippen MR) is 178 cm³/mol. The fourth-order valence-corrected chi connectivity index (χ4v) is 7.57. The van der Waals surface area contributed by atoms with Gasteiger partial charge in [-0.3, -0.25) is 9.55 Å². The molecular formula is C38H23N3S. The molecule has 0 radical (unpaired) electrons. The predicted octanol–water partition coefficient (Wildman–Crippen LogP) is 10.4. The van der Waals surface area contributed by atoms with Gasteiger partial charge in [0.25, 0.3) is 0 Å². The molecule has 6 aromatic carbocycles. The SMILES string of the molecule is c1ccc(-c2nc3c4ccccc4c4ccccc4c3n2-c2ccc(-c3cccc4c3sc3cccnc34)cc2)cc1. The van der Waals surface area contributed by atoms with Crippen LogP contribution in [0.2, 0.25) is 0 Å². The molecule has 4 heteroatoms. The summed E-state index contributed by atoms with van der Waals surface area (Å²) in [6.07, 6.45) is 1.88. The van der Waals surface area contributed by atoms with Crippen LogP contribution >= 0.6 is 11.3 Å². The third-order valence-corrected chi connectivity index (χ3v) is 9.45. The van der Waals surface area contributed by atoms with Crippen molar-refractivity contribution in [3.8, 4) is 28.2 Å². The standard InChI is InChI=1S/C38H23N3S/c1-2-10-25(11-3-1)38-40-35-30-14-6-4-12-28(30)29-13-5-7-15-31(29)36(35)41(38)26-21-19-24(20-22-26)27-16-8-17-32-34-33(42-37(27)32)18-9-23-39-34/h1-23H. The summed E-state index contributed by atoms with van der Waals surface area (Å²) < 4.78 is 4.83. The summed E-state index contributed by atoms with van der Waals surface area (Å²) in [5.74, 6) is 0.942. The van der Waals surface area contributed by atoms with Crippen molar-refractivity contribution in [1.29, 1.82) is 0 Å². The van der Waals surface area contributed by atoms with Crippen LogP contribution < -0.4 is 0 Å². The zero-order valence-corrected chi connectivity index (χ0v) is 23.3. The first kappa shape index (κ1) is 23.4. The molecule has 9 rings (SSSR count). The minimum Gasteiger partial charge on any atom is -0.292 e. The van der Waals surface area contributed by atoms with Crippen molar-refractivity contribution >= 4 is 64.2 Å². The van der Waals surface area contributed by atoms with E-state index in [0.717, 1.165) is 33.6 Å². The molecule has 0 atom stereocenters. The second-order valence-electron chi connectivity index (χ2n) is 10.6. The maximum absolute atomic E-state index is 5.34. The lowest BCUT2D eigenvalue weighted by Gasteiger charge is -2.13. The van der Waals surface area contributed by atoms with Crippen LogP contribution in [0.3, 0.4) is 0 Å². The molecule has 42 heavy (non-hydrogen) atoms. The van der Waals surface area contributed by atoms with Gasteiger partial charge in [0.15, 0.2) is 0 Å². The van der Waals surface area contributed by atoms with Gasteiger partial charge in [-0.2, -0.15) is 0 Å². The molecule has 0 amide bonds. The summed E-state index contributed by atoms with van der Waals surface area (Å²) >= 11 is 1.81. The second-order valence-corrected chi connectivity index (χ2v) is 11.7. The topological polar surface area (TPSA) is 30.7 Å². The highest BCUT2D eigenvalue weighted by Crippen LogP contribution is 2.41. The third kappa shape index (κ3) is 3.39. The normalized spacial score (nSPS) is 11.8. The van der Waals surface area contributed by atoms with Gasteiger partial charge in [0.2, 0.25) is 0 Å². The van der Waals surface area contributed by atoms with E-state index in [2.05, 4.69) is 137 Å². The lowest BCUT2D eigenvalue weighted by Crippen LogP contribution is -1.98. The van der Waals surface area contributed by atoms with Crippen molar-refractivity contribution in [2.24, 2.45) is 0 Å². The fraction of sp³-hybridized carbons (Fsp3) is 0. The van der Waals surface area contributed by atoms with E-state index < -0.39 is 0 Å². The van der Waals surface area contributed by atoms with Gasteiger partial charge >= 0.3 is 0 Å².